The summed E-state index contributed by atoms with van der Waals surface area (Å²) in [5.41, 5.74) is 2.30. The van der Waals surface area contributed by atoms with Crippen molar-refractivity contribution < 1.29 is 4.79 Å². The molecule has 116 valence electrons. The number of hydrogen-bond acceptors (Lipinski definition) is 3. The molecule has 1 aromatic heterocycles. The van der Waals surface area contributed by atoms with E-state index in [1.54, 1.807) is 24.4 Å². The third kappa shape index (κ3) is 5.04. The Morgan fingerprint density at radius 1 is 1.23 bits per heavy atom. The molecule has 2 aromatic rings. The molecule has 4 nitrogen and oxygen atoms in total. The lowest BCUT2D eigenvalue weighted by Gasteiger charge is -2.10. The van der Waals surface area contributed by atoms with Crippen molar-refractivity contribution in [2.75, 3.05) is 11.9 Å². The van der Waals surface area contributed by atoms with Crippen LogP contribution in [-0.4, -0.2) is 17.4 Å². The van der Waals surface area contributed by atoms with Crippen molar-refractivity contribution in [3.63, 3.8) is 0 Å². The van der Waals surface area contributed by atoms with E-state index in [-0.39, 0.29) is 5.91 Å². The Hall–Kier alpha value is -2.07. The summed E-state index contributed by atoms with van der Waals surface area (Å²) in [7, 11) is 0. The molecule has 2 rings (SSSR count). The van der Waals surface area contributed by atoms with Gasteiger partial charge in [0.15, 0.2) is 0 Å². The first-order valence-corrected chi connectivity index (χ1v) is 7.65. The zero-order valence-electron chi connectivity index (χ0n) is 12.8. The molecule has 2 N–H and O–H groups in total. The molecular weight excluding hydrogens is 298 g/mol. The van der Waals surface area contributed by atoms with Gasteiger partial charge in [0, 0.05) is 30.0 Å². The number of anilines is 1. The highest BCUT2D eigenvalue weighted by Crippen LogP contribution is 2.11. The van der Waals surface area contributed by atoms with Crippen LogP contribution in [0.5, 0.6) is 0 Å². The Morgan fingerprint density at radius 3 is 2.64 bits per heavy atom. The van der Waals surface area contributed by atoms with E-state index in [0.717, 1.165) is 17.8 Å². The monoisotopic (exact) mass is 317 g/mol. The first-order chi connectivity index (χ1) is 10.5. The standard InChI is InChI=1S/C17H20ClN3O/c1-12(2)10-20-15-7-8-19-16(9-15)17(22)21-11-13-3-5-14(18)6-4-13/h3-9,12H,10-11H2,1-2H3,(H,19,20)(H,21,22). The maximum atomic E-state index is 12.1. The Labute approximate surface area is 135 Å². The molecule has 0 saturated heterocycles. The summed E-state index contributed by atoms with van der Waals surface area (Å²) >= 11 is 5.84. The van der Waals surface area contributed by atoms with Crippen LogP contribution in [0.15, 0.2) is 42.6 Å². The third-order valence-corrected chi connectivity index (χ3v) is 3.33. The molecule has 0 aliphatic rings. The van der Waals surface area contributed by atoms with E-state index in [4.69, 9.17) is 11.6 Å². The van der Waals surface area contributed by atoms with Crippen molar-refractivity contribution in [1.82, 2.24) is 10.3 Å². The molecule has 1 heterocycles. The van der Waals surface area contributed by atoms with Gasteiger partial charge in [0.25, 0.3) is 5.91 Å². The van der Waals surface area contributed by atoms with Crippen LogP contribution in [0.25, 0.3) is 0 Å². The van der Waals surface area contributed by atoms with Gasteiger partial charge in [-0.25, -0.2) is 0 Å². The van der Waals surface area contributed by atoms with Gasteiger partial charge in [-0.2, -0.15) is 0 Å². The summed E-state index contributed by atoms with van der Waals surface area (Å²) in [6, 6.07) is 11.0. The molecule has 0 aliphatic carbocycles. The summed E-state index contributed by atoms with van der Waals surface area (Å²) in [4.78, 5) is 16.3. The minimum atomic E-state index is -0.192. The van der Waals surface area contributed by atoms with Gasteiger partial charge in [0.05, 0.1) is 0 Å². The van der Waals surface area contributed by atoms with Gasteiger partial charge in [-0.3, -0.25) is 9.78 Å². The second-order valence-corrected chi connectivity index (χ2v) is 5.95. The van der Waals surface area contributed by atoms with Crippen molar-refractivity contribution in [2.24, 2.45) is 5.92 Å². The van der Waals surface area contributed by atoms with E-state index < -0.39 is 0 Å². The van der Waals surface area contributed by atoms with Gasteiger partial charge in [-0.15, -0.1) is 0 Å². The van der Waals surface area contributed by atoms with Gasteiger partial charge in [-0.05, 0) is 35.7 Å². The number of rotatable bonds is 6. The molecule has 0 unspecified atom stereocenters. The maximum absolute atomic E-state index is 12.1. The Balaban J connectivity index is 1.94. The molecule has 1 aromatic carbocycles. The van der Waals surface area contributed by atoms with E-state index in [9.17, 15) is 4.79 Å². The van der Waals surface area contributed by atoms with Gasteiger partial charge in [0.1, 0.15) is 5.69 Å². The fourth-order valence-electron chi connectivity index (χ4n) is 1.86. The predicted octanol–water partition coefficient (Wildman–Crippen LogP) is 3.73. The molecule has 0 aliphatic heterocycles. The minimum absolute atomic E-state index is 0.192. The van der Waals surface area contributed by atoms with Crippen LogP contribution in [0.3, 0.4) is 0 Å². The molecule has 1 amide bonds. The lowest BCUT2D eigenvalue weighted by Crippen LogP contribution is -2.24. The number of halogens is 1. The summed E-state index contributed by atoms with van der Waals surface area (Å²) < 4.78 is 0. The fourth-order valence-corrected chi connectivity index (χ4v) is 1.99. The zero-order chi connectivity index (χ0) is 15.9. The van der Waals surface area contributed by atoms with Gasteiger partial charge in [-0.1, -0.05) is 37.6 Å². The number of benzene rings is 1. The van der Waals surface area contributed by atoms with Crippen molar-refractivity contribution in [3.8, 4) is 0 Å². The van der Waals surface area contributed by atoms with E-state index in [2.05, 4.69) is 29.5 Å². The van der Waals surface area contributed by atoms with Crippen LogP contribution in [0.4, 0.5) is 5.69 Å². The van der Waals surface area contributed by atoms with Crippen molar-refractivity contribution in [3.05, 3.63) is 58.9 Å². The fraction of sp³-hybridized carbons (Fsp3) is 0.294. The molecule has 5 heteroatoms. The summed E-state index contributed by atoms with van der Waals surface area (Å²) in [5, 5.41) is 6.82. The molecular formula is C17H20ClN3O. The highest BCUT2D eigenvalue weighted by Gasteiger charge is 2.08. The predicted molar refractivity (Wildman–Crippen MR) is 90.2 cm³/mol. The van der Waals surface area contributed by atoms with E-state index >= 15 is 0 Å². The molecule has 0 radical (unpaired) electrons. The number of amides is 1. The number of carbonyl (C=O) groups excluding carboxylic acids is 1. The summed E-state index contributed by atoms with van der Waals surface area (Å²) in [5.74, 6) is 0.346. The first kappa shape index (κ1) is 16.3. The normalized spacial score (nSPS) is 10.5. The second kappa shape index (κ2) is 7.80. The van der Waals surface area contributed by atoms with Crippen molar-refractivity contribution >= 4 is 23.2 Å². The largest absolute Gasteiger partial charge is 0.385 e. The highest BCUT2D eigenvalue weighted by atomic mass is 35.5. The minimum Gasteiger partial charge on any atom is -0.385 e. The average Bonchev–Trinajstić information content (AvgIpc) is 2.52. The quantitative estimate of drug-likeness (QED) is 0.853. The van der Waals surface area contributed by atoms with Crippen LogP contribution in [0.1, 0.15) is 29.9 Å². The number of hydrogen-bond donors (Lipinski definition) is 2. The number of nitrogens with one attached hydrogen (secondary N) is 2. The molecule has 0 atom stereocenters. The maximum Gasteiger partial charge on any atom is 0.270 e. The Bertz CT molecular complexity index is 626. The lowest BCUT2D eigenvalue weighted by molar-refractivity contribution is 0.0946. The SMILES string of the molecule is CC(C)CNc1ccnc(C(=O)NCc2ccc(Cl)cc2)c1. The topological polar surface area (TPSA) is 54.0 Å². The van der Waals surface area contributed by atoms with Crippen LogP contribution in [-0.2, 0) is 6.54 Å². The van der Waals surface area contributed by atoms with E-state index in [1.165, 1.54) is 0 Å². The van der Waals surface area contributed by atoms with E-state index in [1.807, 2.05) is 18.2 Å². The van der Waals surface area contributed by atoms with Crippen LogP contribution in [0.2, 0.25) is 5.02 Å². The van der Waals surface area contributed by atoms with Gasteiger partial charge in [0.2, 0.25) is 0 Å². The number of aromatic nitrogens is 1. The first-order valence-electron chi connectivity index (χ1n) is 7.27. The van der Waals surface area contributed by atoms with Crippen LogP contribution < -0.4 is 10.6 Å². The number of pyridine rings is 1. The molecule has 0 saturated carbocycles. The highest BCUT2D eigenvalue weighted by molar-refractivity contribution is 6.30. The van der Waals surface area contributed by atoms with E-state index in [0.29, 0.717) is 23.2 Å². The van der Waals surface area contributed by atoms with Crippen molar-refractivity contribution in [1.29, 1.82) is 0 Å². The number of nitrogens with zero attached hydrogens (tertiary/aromatic N) is 1. The Morgan fingerprint density at radius 2 is 1.95 bits per heavy atom. The van der Waals surface area contributed by atoms with Crippen LogP contribution >= 0.6 is 11.6 Å². The lowest BCUT2D eigenvalue weighted by atomic mass is 10.2. The third-order valence-electron chi connectivity index (χ3n) is 3.07. The number of carbonyl (C=O) groups is 1. The summed E-state index contributed by atoms with van der Waals surface area (Å²) in [6.45, 7) is 5.57. The second-order valence-electron chi connectivity index (χ2n) is 5.51. The molecule has 0 fully saturated rings. The molecule has 0 spiro atoms. The van der Waals surface area contributed by atoms with Gasteiger partial charge < -0.3 is 10.6 Å². The Kier molecular flexibility index (Phi) is 5.78. The molecule has 0 bridgehead atoms. The van der Waals surface area contributed by atoms with Gasteiger partial charge >= 0.3 is 0 Å². The smallest absolute Gasteiger partial charge is 0.270 e. The zero-order valence-corrected chi connectivity index (χ0v) is 13.5. The molecule has 22 heavy (non-hydrogen) atoms. The van der Waals surface area contributed by atoms with Crippen LogP contribution in [0, 0.1) is 5.92 Å². The summed E-state index contributed by atoms with van der Waals surface area (Å²) in [6.07, 6.45) is 1.64. The van der Waals surface area contributed by atoms with Crippen molar-refractivity contribution in [2.45, 2.75) is 20.4 Å². The average molecular weight is 318 g/mol.